The molecule has 0 atom stereocenters. The van der Waals surface area contributed by atoms with E-state index in [1.54, 1.807) is 24.3 Å². The smallest absolute Gasteiger partial charge is 0.266 e. The second-order valence-electron chi connectivity index (χ2n) is 5.08. The first-order valence-electron chi connectivity index (χ1n) is 7.55. The van der Waals surface area contributed by atoms with Gasteiger partial charge in [0, 0.05) is 0 Å². The normalized spacial score (nSPS) is 10.5. The van der Waals surface area contributed by atoms with E-state index in [9.17, 15) is 14.4 Å². The number of halogens is 2. The zero-order chi connectivity index (χ0) is 19.8. The number of amides is 1. The number of nitrogens with zero attached hydrogens (tertiary/aromatic N) is 2. The zero-order valence-corrected chi connectivity index (χ0v) is 15.7. The van der Waals surface area contributed by atoms with E-state index in [0.29, 0.717) is 21.5 Å². The van der Waals surface area contributed by atoms with Crippen molar-refractivity contribution in [3.8, 4) is 23.6 Å². The molecule has 1 N–H and O–H groups in total. The quantitative estimate of drug-likeness (QED) is 0.551. The van der Waals surface area contributed by atoms with E-state index in [4.69, 9.17) is 14.7 Å². The van der Waals surface area contributed by atoms with Crippen molar-refractivity contribution in [2.45, 2.75) is 0 Å². The van der Waals surface area contributed by atoms with E-state index >= 15 is 0 Å². The molecule has 0 fully saturated rings. The summed E-state index contributed by atoms with van der Waals surface area (Å²) in [5.74, 6) is -0.711. The van der Waals surface area contributed by atoms with Crippen molar-refractivity contribution < 1.29 is 18.7 Å². The highest BCUT2D eigenvalue weighted by molar-refractivity contribution is 9.10. The van der Waals surface area contributed by atoms with Gasteiger partial charge in [-0.2, -0.15) is 10.5 Å². The van der Waals surface area contributed by atoms with Crippen LogP contribution in [0.15, 0.2) is 46.4 Å². The maximum atomic E-state index is 13.7. The van der Waals surface area contributed by atoms with Crippen LogP contribution in [0.1, 0.15) is 5.56 Å². The highest BCUT2D eigenvalue weighted by Gasteiger charge is 2.15. The fraction of sp³-hybridized carbons (Fsp3) is 0.105. The van der Waals surface area contributed by atoms with Gasteiger partial charge in [0.25, 0.3) is 5.91 Å². The van der Waals surface area contributed by atoms with Gasteiger partial charge in [0.15, 0.2) is 18.1 Å². The predicted octanol–water partition coefficient (Wildman–Crippen LogP) is 4.04. The van der Waals surface area contributed by atoms with Gasteiger partial charge in [-0.3, -0.25) is 4.79 Å². The number of hydrogen-bond acceptors (Lipinski definition) is 5. The Bertz CT molecular complexity index is 977. The van der Waals surface area contributed by atoms with Crippen molar-refractivity contribution in [3.63, 3.8) is 0 Å². The molecule has 27 heavy (non-hydrogen) atoms. The van der Waals surface area contributed by atoms with Gasteiger partial charge in [-0.05, 0) is 51.8 Å². The molecular weight excluding hydrogens is 417 g/mol. The molecular formula is C19H13BrFN3O3. The zero-order valence-electron chi connectivity index (χ0n) is 14.1. The summed E-state index contributed by atoms with van der Waals surface area (Å²) in [4.78, 5) is 12.3. The van der Waals surface area contributed by atoms with E-state index in [-0.39, 0.29) is 17.9 Å². The van der Waals surface area contributed by atoms with Crippen molar-refractivity contribution >= 4 is 33.6 Å². The molecule has 8 heteroatoms. The van der Waals surface area contributed by atoms with Crippen LogP contribution in [0.2, 0.25) is 0 Å². The van der Waals surface area contributed by atoms with Crippen LogP contribution in [0.4, 0.5) is 10.1 Å². The molecule has 0 unspecified atom stereocenters. The third kappa shape index (κ3) is 5.06. The van der Waals surface area contributed by atoms with Gasteiger partial charge in [0.05, 0.1) is 17.3 Å². The second-order valence-corrected chi connectivity index (χ2v) is 5.94. The number of carbonyl (C=O) groups excluding carboxylic acids is 1. The number of anilines is 1. The Morgan fingerprint density at radius 3 is 2.70 bits per heavy atom. The summed E-state index contributed by atoms with van der Waals surface area (Å²) < 4.78 is 24.7. The lowest BCUT2D eigenvalue weighted by Crippen LogP contribution is -2.14. The number of nitrogens with one attached hydrogen (secondary N) is 1. The van der Waals surface area contributed by atoms with Gasteiger partial charge in [-0.15, -0.1) is 0 Å². The van der Waals surface area contributed by atoms with Crippen molar-refractivity contribution in [1.29, 1.82) is 10.5 Å². The van der Waals surface area contributed by atoms with Crippen LogP contribution in [0, 0.1) is 28.5 Å². The summed E-state index contributed by atoms with van der Waals surface area (Å²) in [6, 6.07) is 12.4. The average molecular weight is 430 g/mol. The maximum Gasteiger partial charge on any atom is 0.266 e. The summed E-state index contributed by atoms with van der Waals surface area (Å²) in [5, 5.41) is 20.3. The van der Waals surface area contributed by atoms with Crippen LogP contribution in [-0.4, -0.2) is 19.6 Å². The number of carbonyl (C=O) groups is 1. The Morgan fingerprint density at radius 2 is 2.07 bits per heavy atom. The molecule has 2 rings (SSSR count). The summed E-state index contributed by atoms with van der Waals surface area (Å²) in [6.45, 7) is -0.168. The van der Waals surface area contributed by atoms with Gasteiger partial charge in [0.1, 0.15) is 23.5 Å². The van der Waals surface area contributed by atoms with E-state index in [2.05, 4.69) is 21.2 Å². The lowest BCUT2D eigenvalue weighted by molar-refractivity contribution is -0.112. The van der Waals surface area contributed by atoms with Crippen molar-refractivity contribution in [2.75, 3.05) is 19.0 Å². The number of benzene rings is 2. The minimum absolute atomic E-state index is 0.0253. The van der Waals surface area contributed by atoms with E-state index in [1.165, 1.54) is 31.4 Å². The highest BCUT2D eigenvalue weighted by atomic mass is 79.9. The van der Waals surface area contributed by atoms with Gasteiger partial charge >= 0.3 is 0 Å². The van der Waals surface area contributed by atoms with Gasteiger partial charge in [-0.1, -0.05) is 12.1 Å². The van der Waals surface area contributed by atoms with Crippen LogP contribution in [0.25, 0.3) is 6.08 Å². The van der Waals surface area contributed by atoms with E-state index in [0.717, 1.165) is 0 Å². The molecule has 136 valence electrons. The molecule has 0 aliphatic carbocycles. The molecule has 0 aliphatic heterocycles. The van der Waals surface area contributed by atoms with Crippen LogP contribution in [-0.2, 0) is 4.79 Å². The van der Waals surface area contributed by atoms with Crippen LogP contribution < -0.4 is 14.8 Å². The number of methoxy groups -OCH3 is 1. The monoisotopic (exact) mass is 429 g/mol. The predicted molar refractivity (Wildman–Crippen MR) is 100 cm³/mol. The molecule has 0 aromatic heterocycles. The Kier molecular flexibility index (Phi) is 6.93. The molecule has 0 radical (unpaired) electrons. The van der Waals surface area contributed by atoms with Crippen molar-refractivity contribution in [3.05, 3.63) is 57.8 Å². The first-order valence-corrected chi connectivity index (χ1v) is 8.34. The molecule has 6 nitrogen and oxygen atoms in total. The van der Waals surface area contributed by atoms with E-state index in [1.807, 2.05) is 6.07 Å². The molecule has 2 aromatic rings. The Hall–Kier alpha value is -3.36. The lowest BCUT2D eigenvalue weighted by atomic mass is 10.1. The van der Waals surface area contributed by atoms with Crippen molar-refractivity contribution in [2.24, 2.45) is 0 Å². The van der Waals surface area contributed by atoms with E-state index < -0.39 is 11.7 Å². The van der Waals surface area contributed by atoms with Gasteiger partial charge < -0.3 is 14.8 Å². The molecule has 0 bridgehead atoms. The topological polar surface area (TPSA) is 95.1 Å². The summed E-state index contributed by atoms with van der Waals surface area (Å²) >= 11 is 3.30. The molecule has 0 heterocycles. The Morgan fingerprint density at radius 1 is 1.33 bits per heavy atom. The summed E-state index contributed by atoms with van der Waals surface area (Å²) in [7, 11) is 1.42. The van der Waals surface area contributed by atoms with Crippen LogP contribution >= 0.6 is 15.9 Å². The molecule has 0 aliphatic rings. The third-order valence-electron chi connectivity index (χ3n) is 3.33. The molecule has 0 spiro atoms. The molecule has 0 saturated heterocycles. The first kappa shape index (κ1) is 20.0. The van der Waals surface area contributed by atoms with Crippen molar-refractivity contribution in [1.82, 2.24) is 0 Å². The maximum absolute atomic E-state index is 13.7. The first-order chi connectivity index (χ1) is 13.0. The minimum atomic E-state index is -0.748. The average Bonchev–Trinajstić information content (AvgIpc) is 2.66. The number of ether oxygens (including phenoxy) is 2. The van der Waals surface area contributed by atoms with Gasteiger partial charge in [-0.25, -0.2) is 4.39 Å². The number of para-hydroxylation sites is 1. The Labute approximate surface area is 163 Å². The Balaban J connectivity index is 2.33. The second kappa shape index (κ2) is 9.37. The van der Waals surface area contributed by atoms with Gasteiger partial charge in [0.2, 0.25) is 0 Å². The van der Waals surface area contributed by atoms with Crippen LogP contribution in [0.3, 0.4) is 0 Å². The number of rotatable bonds is 6. The molecule has 0 saturated carbocycles. The molecule has 1 amide bonds. The van der Waals surface area contributed by atoms with Crippen LogP contribution in [0.5, 0.6) is 11.5 Å². The fourth-order valence-corrected chi connectivity index (χ4v) is 2.71. The molecule has 2 aromatic carbocycles. The highest BCUT2D eigenvalue weighted by Crippen LogP contribution is 2.37. The summed E-state index contributed by atoms with van der Waals surface area (Å²) in [6.07, 6.45) is 1.33. The minimum Gasteiger partial charge on any atom is -0.493 e. The number of hydrogen-bond donors (Lipinski definition) is 1. The standard InChI is InChI=1S/C19H13BrFN3O3/c1-26-17-10-12(9-14(20)18(17)27-7-6-22)8-13(11-23)19(25)24-16-5-3-2-4-15(16)21/h2-5,8-10H,7H2,1H3,(H,24,25)/b13-8+. The summed E-state index contributed by atoms with van der Waals surface area (Å²) in [5.41, 5.74) is 0.226. The third-order valence-corrected chi connectivity index (χ3v) is 3.92. The number of nitriles is 2. The fourth-order valence-electron chi connectivity index (χ4n) is 2.14. The lowest BCUT2D eigenvalue weighted by Gasteiger charge is -2.12. The largest absolute Gasteiger partial charge is 0.493 e. The SMILES string of the molecule is COc1cc(/C=C(\C#N)C(=O)Nc2ccccc2F)cc(Br)c1OCC#N.